The van der Waals surface area contributed by atoms with Crippen LogP contribution in [0.15, 0.2) is 24.3 Å². The number of Topliss-reactive ketones (excluding diaryl/α,β-unsaturated/α-hetero) is 1. The molecule has 11 heteroatoms. The van der Waals surface area contributed by atoms with Gasteiger partial charge in [-0.2, -0.15) is 0 Å². The van der Waals surface area contributed by atoms with E-state index in [-0.39, 0.29) is 18.1 Å². The molecule has 0 bridgehead atoms. The first-order valence-electron chi connectivity index (χ1n) is 10.1. The normalized spacial score (nSPS) is 24.2. The molecule has 1 saturated heterocycles. The Hall–Kier alpha value is -3.47. The molecule has 1 fully saturated rings. The van der Waals surface area contributed by atoms with Gasteiger partial charge in [0.2, 0.25) is 12.4 Å². The summed E-state index contributed by atoms with van der Waals surface area (Å²) in [6.07, 6.45) is -6.39. The van der Waals surface area contributed by atoms with Gasteiger partial charge in [-0.05, 0) is 31.2 Å². The summed E-state index contributed by atoms with van der Waals surface area (Å²) in [5.41, 5.74) is 0.448. The number of hydrogen-bond donors (Lipinski definition) is 0. The van der Waals surface area contributed by atoms with Gasteiger partial charge in [0.05, 0.1) is 0 Å². The second kappa shape index (κ2) is 11.4. The minimum absolute atomic E-state index is 0.145. The smallest absolute Gasteiger partial charge is 0.303 e. The Bertz CT molecular complexity index is 892. The molecule has 0 radical (unpaired) electrons. The second-order valence-electron chi connectivity index (χ2n) is 7.27. The van der Waals surface area contributed by atoms with E-state index in [9.17, 15) is 24.0 Å². The van der Waals surface area contributed by atoms with E-state index in [0.717, 1.165) is 20.8 Å². The quantitative estimate of drug-likeness (QED) is 0.311. The van der Waals surface area contributed by atoms with E-state index < -0.39 is 54.6 Å². The van der Waals surface area contributed by atoms with Crippen LogP contribution >= 0.6 is 0 Å². The van der Waals surface area contributed by atoms with E-state index in [1.807, 2.05) is 0 Å². The minimum atomic E-state index is -1.34. The maximum atomic E-state index is 11.8. The predicted molar refractivity (Wildman–Crippen MR) is 109 cm³/mol. The third kappa shape index (κ3) is 7.56. The fraction of sp³-hybridized carbons (Fsp3) is 0.500. The third-order valence-corrected chi connectivity index (χ3v) is 4.46. The largest absolute Gasteiger partial charge is 0.463 e. The van der Waals surface area contributed by atoms with Gasteiger partial charge < -0.3 is 28.4 Å². The highest BCUT2D eigenvalue weighted by molar-refractivity contribution is 5.94. The lowest BCUT2D eigenvalue weighted by molar-refractivity contribution is -0.288. The van der Waals surface area contributed by atoms with Crippen molar-refractivity contribution >= 4 is 29.7 Å². The Balaban J connectivity index is 2.43. The Morgan fingerprint density at radius 2 is 1.24 bits per heavy atom. The van der Waals surface area contributed by atoms with Crippen molar-refractivity contribution in [2.45, 2.75) is 65.3 Å². The van der Waals surface area contributed by atoms with Gasteiger partial charge in [0.1, 0.15) is 18.5 Å². The van der Waals surface area contributed by atoms with Crippen LogP contribution in [0.3, 0.4) is 0 Å². The number of ether oxygens (including phenoxy) is 6. The molecule has 180 valence electrons. The van der Waals surface area contributed by atoms with Crippen LogP contribution in [-0.2, 0) is 42.9 Å². The van der Waals surface area contributed by atoms with Crippen molar-refractivity contribution in [1.29, 1.82) is 0 Å². The summed E-state index contributed by atoms with van der Waals surface area (Å²) < 4.78 is 32.6. The summed E-state index contributed by atoms with van der Waals surface area (Å²) in [7, 11) is 0. The summed E-state index contributed by atoms with van der Waals surface area (Å²) in [6, 6.07) is 6.07. The summed E-state index contributed by atoms with van der Waals surface area (Å²) in [4.78, 5) is 58.2. The number of benzene rings is 1. The summed E-state index contributed by atoms with van der Waals surface area (Å²) >= 11 is 0. The topological polar surface area (TPSA) is 141 Å². The van der Waals surface area contributed by atoms with Crippen LogP contribution < -0.4 is 4.74 Å². The minimum Gasteiger partial charge on any atom is -0.463 e. The number of ketones is 1. The van der Waals surface area contributed by atoms with Gasteiger partial charge in [-0.15, -0.1) is 0 Å². The zero-order valence-electron chi connectivity index (χ0n) is 18.9. The fourth-order valence-corrected chi connectivity index (χ4v) is 3.19. The molecule has 11 nitrogen and oxygen atoms in total. The van der Waals surface area contributed by atoms with Crippen LogP contribution in [0.25, 0.3) is 0 Å². The number of esters is 4. The lowest BCUT2D eigenvalue weighted by Gasteiger charge is -2.43. The maximum Gasteiger partial charge on any atom is 0.303 e. The highest BCUT2D eigenvalue weighted by Gasteiger charge is 2.53. The first kappa shape index (κ1) is 25.8. The molecule has 0 unspecified atom stereocenters. The number of carbonyl (C=O) groups excluding carboxylic acids is 5. The van der Waals surface area contributed by atoms with E-state index in [4.69, 9.17) is 28.4 Å². The average Bonchev–Trinajstić information content (AvgIpc) is 2.70. The number of rotatable bonds is 8. The van der Waals surface area contributed by atoms with Gasteiger partial charge in [0, 0.05) is 33.3 Å². The molecule has 5 atom stereocenters. The van der Waals surface area contributed by atoms with Gasteiger partial charge in [0.25, 0.3) is 0 Å². The zero-order chi connectivity index (χ0) is 24.7. The van der Waals surface area contributed by atoms with Crippen molar-refractivity contribution in [1.82, 2.24) is 0 Å². The maximum absolute atomic E-state index is 11.8. The van der Waals surface area contributed by atoms with Crippen LogP contribution in [0.2, 0.25) is 0 Å². The summed E-state index contributed by atoms with van der Waals surface area (Å²) in [5.74, 6) is -2.72. The molecule has 0 spiro atoms. The molecular formula is C22H26O11. The Morgan fingerprint density at radius 1 is 0.727 bits per heavy atom. The van der Waals surface area contributed by atoms with Crippen LogP contribution in [-0.4, -0.2) is 67.0 Å². The average molecular weight is 466 g/mol. The SMILES string of the molecule is CC(=O)OC[C@H]1O[C@@H](Oc2ccc(C(C)=O)cc2)[C@H](OC(C)=O)[C@@H](OC(C)=O)[C@@H]1OC(C)=O. The molecule has 0 amide bonds. The third-order valence-electron chi connectivity index (χ3n) is 4.46. The molecule has 2 rings (SSSR count). The molecular weight excluding hydrogens is 440 g/mol. The second-order valence-corrected chi connectivity index (χ2v) is 7.27. The van der Waals surface area contributed by atoms with Crippen molar-refractivity contribution in [2.75, 3.05) is 6.61 Å². The Labute approximate surface area is 190 Å². The lowest BCUT2D eigenvalue weighted by Crippen LogP contribution is -2.63. The van der Waals surface area contributed by atoms with Crippen molar-refractivity contribution in [3.05, 3.63) is 29.8 Å². The van der Waals surface area contributed by atoms with E-state index >= 15 is 0 Å². The summed E-state index contributed by atoms with van der Waals surface area (Å²) in [5, 5.41) is 0. The molecule has 0 saturated carbocycles. The van der Waals surface area contributed by atoms with Crippen molar-refractivity contribution < 1.29 is 52.4 Å². The molecule has 1 aliphatic heterocycles. The first-order valence-corrected chi connectivity index (χ1v) is 10.1. The molecule has 0 aromatic heterocycles. The predicted octanol–water partition coefficient (Wildman–Crippen LogP) is 1.35. The van der Waals surface area contributed by atoms with E-state index in [1.54, 1.807) is 0 Å². The highest BCUT2D eigenvalue weighted by atomic mass is 16.7. The van der Waals surface area contributed by atoms with Crippen LogP contribution in [0.4, 0.5) is 0 Å². The van der Waals surface area contributed by atoms with E-state index in [2.05, 4.69) is 0 Å². The molecule has 33 heavy (non-hydrogen) atoms. The van der Waals surface area contributed by atoms with Gasteiger partial charge >= 0.3 is 23.9 Å². The lowest BCUT2D eigenvalue weighted by atomic mass is 9.98. The first-order chi connectivity index (χ1) is 15.5. The molecule has 1 aliphatic rings. The van der Waals surface area contributed by atoms with Crippen molar-refractivity contribution in [3.8, 4) is 5.75 Å². The fourth-order valence-electron chi connectivity index (χ4n) is 3.19. The van der Waals surface area contributed by atoms with Gasteiger partial charge in [0.15, 0.2) is 18.0 Å². The zero-order valence-corrected chi connectivity index (χ0v) is 18.9. The molecule has 0 N–H and O–H groups in total. The molecule has 0 aliphatic carbocycles. The molecule has 1 aromatic rings. The number of hydrogen-bond acceptors (Lipinski definition) is 11. The standard InChI is InChI=1S/C22H26O11/c1-11(23)16-6-8-17(9-7-16)32-22-21(31-15(5)27)20(30-14(4)26)19(29-13(3)25)18(33-22)10-28-12(2)24/h6-9,18-22H,10H2,1-5H3/t18-,19-,20+,21-,22-/m1/s1. The van der Waals surface area contributed by atoms with Crippen LogP contribution in [0, 0.1) is 0 Å². The Morgan fingerprint density at radius 3 is 1.73 bits per heavy atom. The van der Waals surface area contributed by atoms with E-state index in [0.29, 0.717) is 5.56 Å². The Kier molecular flexibility index (Phi) is 8.92. The van der Waals surface area contributed by atoms with Gasteiger partial charge in [-0.1, -0.05) is 0 Å². The van der Waals surface area contributed by atoms with E-state index in [1.165, 1.54) is 38.1 Å². The van der Waals surface area contributed by atoms with Crippen LogP contribution in [0.5, 0.6) is 5.75 Å². The molecule has 1 heterocycles. The number of carbonyl (C=O) groups is 5. The summed E-state index contributed by atoms with van der Waals surface area (Å²) in [6.45, 7) is 5.63. The van der Waals surface area contributed by atoms with Crippen molar-refractivity contribution in [3.63, 3.8) is 0 Å². The monoisotopic (exact) mass is 466 g/mol. The van der Waals surface area contributed by atoms with Crippen molar-refractivity contribution in [2.24, 2.45) is 0 Å². The van der Waals surface area contributed by atoms with Gasteiger partial charge in [-0.3, -0.25) is 24.0 Å². The molecule has 1 aromatic carbocycles. The van der Waals surface area contributed by atoms with Crippen LogP contribution in [0.1, 0.15) is 45.0 Å². The van der Waals surface area contributed by atoms with Gasteiger partial charge in [-0.25, -0.2) is 0 Å². The highest BCUT2D eigenvalue weighted by Crippen LogP contribution is 2.31.